The lowest BCUT2D eigenvalue weighted by Crippen LogP contribution is -2.23. The van der Waals surface area contributed by atoms with E-state index in [1.807, 2.05) is 11.3 Å². The summed E-state index contributed by atoms with van der Waals surface area (Å²) in [5.41, 5.74) is 1.28. The van der Waals surface area contributed by atoms with Gasteiger partial charge in [0.05, 0.1) is 5.69 Å². The molecule has 1 aliphatic rings. The van der Waals surface area contributed by atoms with E-state index in [2.05, 4.69) is 38.0 Å². The van der Waals surface area contributed by atoms with Gasteiger partial charge in [-0.15, -0.1) is 11.3 Å². The summed E-state index contributed by atoms with van der Waals surface area (Å²) in [4.78, 5) is 8.68. The fourth-order valence-corrected chi connectivity index (χ4v) is 4.17. The minimum atomic E-state index is 0.701. The van der Waals surface area contributed by atoms with Gasteiger partial charge < -0.3 is 10.2 Å². The predicted molar refractivity (Wildman–Crippen MR) is 93.3 cm³/mol. The van der Waals surface area contributed by atoms with Gasteiger partial charge in [-0.05, 0) is 37.6 Å². The average Bonchev–Trinajstić information content (AvgIpc) is 3.07. The highest BCUT2D eigenvalue weighted by Gasteiger charge is 2.19. The normalized spacial score (nSPS) is 16.0. The van der Waals surface area contributed by atoms with Crippen LogP contribution in [0.2, 0.25) is 0 Å². The zero-order chi connectivity index (χ0) is 15.2. The van der Waals surface area contributed by atoms with Gasteiger partial charge in [0.2, 0.25) is 0 Å². The Kier molecular flexibility index (Phi) is 6.49. The summed E-state index contributed by atoms with van der Waals surface area (Å²) in [6.45, 7) is 9.93. The van der Waals surface area contributed by atoms with Gasteiger partial charge in [-0.1, -0.05) is 33.6 Å². The Morgan fingerprint density at radius 2 is 2.05 bits per heavy atom. The fraction of sp³-hybridized carbons (Fsp3) is 0.824. The Balaban J connectivity index is 1.94. The summed E-state index contributed by atoms with van der Waals surface area (Å²) >= 11 is 1.88. The van der Waals surface area contributed by atoms with E-state index in [1.165, 1.54) is 47.9 Å². The van der Waals surface area contributed by atoms with Crippen LogP contribution in [-0.2, 0) is 13.0 Å². The third-order valence-electron chi connectivity index (χ3n) is 4.27. The van der Waals surface area contributed by atoms with Crippen LogP contribution in [0.3, 0.4) is 0 Å². The number of nitrogens with zero attached hydrogens (tertiary/aromatic N) is 2. The minimum absolute atomic E-state index is 0.701. The van der Waals surface area contributed by atoms with Crippen molar-refractivity contribution in [1.82, 2.24) is 10.3 Å². The van der Waals surface area contributed by atoms with Crippen molar-refractivity contribution in [3.8, 4) is 0 Å². The third kappa shape index (κ3) is 4.96. The smallest absolute Gasteiger partial charge is 0.185 e. The molecule has 21 heavy (non-hydrogen) atoms. The van der Waals surface area contributed by atoms with E-state index in [0.717, 1.165) is 25.4 Å². The molecule has 0 amide bonds. The molecule has 0 spiro atoms. The number of anilines is 1. The lowest BCUT2D eigenvalue weighted by molar-refractivity contribution is 0.546. The fourth-order valence-electron chi connectivity index (χ4n) is 3.08. The predicted octanol–water partition coefficient (Wildman–Crippen LogP) is 4.08. The SMILES string of the molecule is CCc1nc(N(C)CC2CCCC2)sc1CNCC(C)C. The van der Waals surface area contributed by atoms with Gasteiger partial charge in [0.1, 0.15) is 0 Å². The molecule has 1 aliphatic carbocycles. The summed E-state index contributed by atoms with van der Waals surface area (Å²) in [7, 11) is 2.21. The highest BCUT2D eigenvalue weighted by molar-refractivity contribution is 7.15. The summed E-state index contributed by atoms with van der Waals surface area (Å²) in [5, 5.41) is 4.76. The molecule has 1 N–H and O–H groups in total. The molecular weight excluding hydrogens is 278 g/mol. The van der Waals surface area contributed by atoms with Gasteiger partial charge in [-0.3, -0.25) is 0 Å². The molecule has 1 aromatic heterocycles. The molecule has 0 saturated heterocycles. The van der Waals surface area contributed by atoms with Crippen molar-refractivity contribution in [2.45, 2.75) is 59.4 Å². The van der Waals surface area contributed by atoms with Crippen LogP contribution >= 0.6 is 11.3 Å². The number of rotatable bonds is 8. The zero-order valence-electron chi connectivity index (χ0n) is 14.1. The molecule has 3 nitrogen and oxygen atoms in total. The number of aromatic nitrogens is 1. The first kappa shape index (κ1) is 16.8. The molecule has 0 bridgehead atoms. The number of hydrogen-bond acceptors (Lipinski definition) is 4. The van der Waals surface area contributed by atoms with E-state index in [-0.39, 0.29) is 0 Å². The highest BCUT2D eigenvalue weighted by Crippen LogP contribution is 2.30. The lowest BCUT2D eigenvalue weighted by Gasteiger charge is -2.19. The van der Waals surface area contributed by atoms with Crippen molar-refractivity contribution in [2.75, 3.05) is 25.0 Å². The van der Waals surface area contributed by atoms with E-state index in [9.17, 15) is 0 Å². The van der Waals surface area contributed by atoms with Gasteiger partial charge in [0.15, 0.2) is 5.13 Å². The van der Waals surface area contributed by atoms with Crippen LogP contribution in [0, 0.1) is 11.8 Å². The third-order valence-corrected chi connectivity index (χ3v) is 5.49. The Labute approximate surface area is 134 Å². The van der Waals surface area contributed by atoms with Crippen molar-refractivity contribution in [3.05, 3.63) is 10.6 Å². The lowest BCUT2D eigenvalue weighted by atomic mass is 10.1. The molecule has 0 aromatic carbocycles. The Morgan fingerprint density at radius 3 is 2.67 bits per heavy atom. The second-order valence-corrected chi connectivity index (χ2v) is 7.84. The summed E-state index contributed by atoms with van der Waals surface area (Å²) in [5.74, 6) is 1.58. The van der Waals surface area contributed by atoms with Gasteiger partial charge in [0.25, 0.3) is 0 Å². The van der Waals surface area contributed by atoms with Crippen LogP contribution in [-0.4, -0.2) is 25.1 Å². The standard InChI is InChI=1S/C17H31N3S/c1-5-15-16(11-18-10-13(2)3)21-17(19-15)20(4)12-14-8-6-7-9-14/h13-14,18H,5-12H2,1-4H3. The molecule has 0 aliphatic heterocycles. The summed E-state index contributed by atoms with van der Waals surface area (Å²) < 4.78 is 0. The average molecular weight is 310 g/mol. The monoisotopic (exact) mass is 309 g/mol. The van der Waals surface area contributed by atoms with E-state index in [4.69, 9.17) is 4.98 Å². The van der Waals surface area contributed by atoms with Crippen molar-refractivity contribution in [3.63, 3.8) is 0 Å². The maximum Gasteiger partial charge on any atom is 0.185 e. The summed E-state index contributed by atoms with van der Waals surface area (Å²) in [6, 6.07) is 0. The number of thiazole rings is 1. The number of nitrogens with one attached hydrogen (secondary N) is 1. The Bertz CT molecular complexity index is 422. The van der Waals surface area contributed by atoms with Gasteiger partial charge in [-0.2, -0.15) is 0 Å². The maximum atomic E-state index is 4.87. The quantitative estimate of drug-likeness (QED) is 0.784. The van der Waals surface area contributed by atoms with E-state index < -0.39 is 0 Å². The molecule has 1 aromatic rings. The number of aryl methyl sites for hydroxylation is 1. The van der Waals surface area contributed by atoms with Gasteiger partial charge >= 0.3 is 0 Å². The Morgan fingerprint density at radius 1 is 1.33 bits per heavy atom. The molecule has 0 radical (unpaired) electrons. The number of hydrogen-bond donors (Lipinski definition) is 1. The van der Waals surface area contributed by atoms with Crippen molar-refractivity contribution in [1.29, 1.82) is 0 Å². The van der Waals surface area contributed by atoms with E-state index in [0.29, 0.717) is 5.92 Å². The first-order valence-electron chi connectivity index (χ1n) is 8.50. The van der Waals surface area contributed by atoms with Crippen LogP contribution in [0.5, 0.6) is 0 Å². The Hall–Kier alpha value is -0.610. The highest BCUT2D eigenvalue weighted by atomic mass is 32.1. The second kappa shape index (κ2) is 8.14. The van der Waals surface area contributed by atoms with Crippen LogP contribution in [0.25, 0.3) is 0 Å². The maximum absolute atomic E-state index is 4.87. The molecular formula is C17H31N3S. The van der Waals surface area contributed by atoms with E-state index in [1.54, 1.807) is 0 Å². The molecule has 1 saturated carbocycles. The van der Waals surface area contributed by atoms with Crippen LogP contribution in [0.15, 0.2) is 0 Å². The molecule has 1 heterocycles. The van der Waals surface area contributed by atoms with Crippen LogP contribution < -0.4 is 10.2 Å². The second-order valence-electron chi connectivity index (χ2n) is 6.78. The largest absolute Gasteiger partial charge is 0.351 e. The summed E-state index contributed by atoms with van der Waals surface area (Å²) in [6.07, 6.45) is 6.67. The van der Waals surface area contributed by atoms with Crippen molar-refractivity contribution >= 4 is 16.5 Å². The molecule has 1 fully saturated rings. The molecule has 0 unspecified atom stereocenters. The van der Waals surface area contributed by atoms with Gasteiger partial charge in [-0.25, -0.2) is 4.98 Å². The minimum Gasteiger partial charge on any atom is -0.351 e. The van der Waals surface area contributed by atoms with Crippen molar-refractivity contribution in [2.24, 2.45) is 11.8 Å². The van der Waals surface area contributed by atoms with Crippen molar-refractivity contribution < 1.29 is 0 Å². The first-order chi connectivity index (χ1) is 10.1. The van der Waals surface area contributed by atoms with E-state index >= 15 is 0 Å². The topological polar surface area (TPSA) is 28.2 Å². The van der Waals surface area contributed by atoms with Crippen LogP contribution in [0.4, 0.5) is 5.13 Å². The molecule has 0 atom stereocenters. The molecule has 4 heteroatoms. The molecule has 2 rings (SSSR count). The van der Waals surface area contributed by atoms with Crippen LogP contribution in [0.1, 0.15) is 57.0 Å². The molecule has 120 valence electrons. The van der Waals surface area contributed by atoms with Gasteiger partial charge in [0, 0.05) is 25.0 Å². The zero-order valence-corrected chi connectivity index (χ0v) is 14.9. The first-order valence-corrected chi connectivity index (χ1v) is 9.32.